The maximum Gasteiger partial charge on any atom is 0.317 e. The molecule has 8 heteroatoms. The third-order valence-corrected chi connectivity index (χ3v) is 4.72. The average molecular weight is 390 g/mol. The number of carboxylic acid groups (broad SMARTS) is 1. The van der Waals surface area contributed by atoms with Gasteiger partial charge in [-0.05, 0) is 43.3 Å². The van der Waals surface area contributed by atoms with Gasteiger partial charge in [-0.1, -0.05) is 17.7 Å². The third kappa shape index (κ3) is 7.10. The van der Waals surface area contributed by atoms with E-state index < -0.39 is 28.9 Å². The quantitative estimate of drug-likeness (QED) is 0.643. The molecule has 0 unspecified atom stereocenters. The third-order valence-electron chi connectivity index (χ3n) is 3.53. The van der Waals surface area contributed by atoms with E-state index in [9.17, 15) is 23.9 Å². The molecule has 3 N–H and O–H groups in total. The number of thioether (sulfide) groups is 1. The van der Waals surface area contributed by atoms with E-state index in [1.807, 2.05) is 19.1 Å². The molecule has 27 heavy (non-hydrogen) atoms. The first-order chi connectivity index (χ1) is 12.8. The predicted octanol–water partition coefficient (Wildman–Crippen LogP) is 3.29. The van der Waals surface area contributed by atoms with Crippen LogP contribution in [-0.4, -0.2) is 33.9 Å². The van der Waals surface area contributed by atoms with Crippen LogP contribution in [0.15, 0.2) is 48.5 Å². The Labute approximate surface area is 160 Å². The van der Waals surface area contributed by atoms with E-state index in [-0.39, 0.29) is 12.2 Å². The molecule has 142 valence electrons. The van der Waals surface area contributed by atoms with Crippen molar-refractivity contribution in [1.82, 2.24) is 0 Å². The van der Waals surface area contributed by atoms with Crippen molar-refractivity contribution in [3.63, 3.8) is 0 Å². The van der Waals surface area contributed by atoms with E-state index in [1.54, 1.807) is 12.1 Å². The Morgan fingerprint density at radius 1 is 0.963 bits per heavy atom. The van der Waals surface area contributed by atoms with E-state index >= 15 is 0 Å². The molecule has 0 aliphatic heterocycles. The number of carboxylic acids is 1. The SMILES string of the molecule is Cc1ccc(NC(=O)C[C@@H](SCC(=O)Nc2ccc(F)cc2)C(=O)O)cc1. The highest BCUT2D eigenvalue weighted by atomic mass is 32.2. The van der Waals surface area contributed by atoms with Crippen LogP contribution in [0.4, 0.5) is 15.8 Å². The van der Waals surface area contributed by atoms with Gasteiger partial charge in [0.15, 0.2) is 0 Å². The number of nitrogens with one attached hydrogen (secondary N) is 2. The molecule has 1 atom stereocenters. The summed E-state index contributed by atoms with van der Waals surface area (Å²) in [4.78, 5) is 35.3. The van der Waals surface area contributed by atoms with Crippen LogP contribution >= 0.6 is 11.8 Å². The predicted molar refractivity (Wildman–Crippen MR) is 103 cm³/mol. The summed E-state index contributed by atoms with van der Waals surface area (Å²) in [5, 5.41) is 13.4. The zero-order chi connectivity index (χ0) is 19.8. The van der Waals surface area contributed by atoms with Crippen LogP contribution in [0.1, 0.15) is 12.0 Å². The van der Waals surface area contributed by atoms with Crippen LogP contribution in [0.2, 0.25) is 0 Å². The van der Waals surface area contributed by atoms with Crippen molar-refractivity contribution < 1.29 is 23.9 Å². The Morgan fingerprint density at radius 2 is 1.48 bits per heavy atom. The molecule has 2 amide bonds. The molecular weight excluding hydrogens is 371 g/mol. The summed E-state index contributed by atoms with van der Waals surface area (Å²) < 4.78 is 12.8. The van der Waals surface area contributed by atoms with Crippen molar-refractivity contribution in [2.75, 3.05) is 16.4 Å². The van der Waals surface area contributed by atoms with Crippen LogP contribution in [-0.2, 0) is 14.4 Å². The van der Waals surface area contributed by atoms with E-state index in [0.717, 1.165) is 17.3 Å². The van der Waals surface area contributed by atoms with Crippen molar-refractivity contribution >= 4 is 40.9 Å². The van der Waals surface area contributed by atoms with Crippen LogP contribution in [0.3, 0.4) is 0 Å². The summed E-state index contributed by atoms with van der Waals surface area (Å²) in [6, 6.07) is 12.3. The molecule has 0 radical (unpaired) electrons. The summed E-state index contributed by atoms with van der Waals surface area (Å²) in [7, 11) is 0. The number of hydrogen-bond acceptors (Lipinski definition) is 4. The molecule has 0 fully saturated rings. The van der Waals surface area contributed by atoms with Gasteiger partial charge in [0, 0.05) is 17.8 Å². The minimum absolute atomic E-state index is 0.147. The maximum atomic E-state index is 12.8. The highest BCUT2D eigenvalue weighted by molar-refractivity contribution is 8.01. The van der Waals surface area contributed by atoms with E-state index in [0.29, 0.717) is 11.4 Å². The second-order valence-electron chi connectivity index (χ2n) is 5.81. The highest BCUT2D eigenvalue weighted by Gasteiger charge is 2.23. The largest absolute Gasteiger partial charge is 0.480 e. The lowest BCUT2D eigenvalue weighted by atomic mass is 10.2. The fraction of sp³-hybridized carbons (Fsp3) is 0.211. The molecular formula is C19H19FN2O4S. The summed E-state index contributed by atoms with van der Waals surface area (Å²) in [5.41, 5.74) is 2.03. The highest BCUT2D eigenvalue weighted by Crippen LogP contribution is 2.18. The van der Waals surface area contributed by atoms with E-state index in [4.69, 9.17) is 0 Å². The Bertz CT molecular complexity index is 809. The Hall–Kier alpha value is -2.87. The van der Waals surface area contributed by atoms with Gasteiger partial charge in [-0.25, -0.2) is 4.39 Å². The van der Waals surface area contributed by atoms with Gasteiger partial charge in [-0.2, -0.15) is 0 Å². The second kappa shape index (κ2) is 9.72. The molecule has 2 aromatic carbocycles. The van der Waals surface area contributed by atoms with Crippen LogP contribution in [0.5, 0.6) is 0 Å². The van der Waals surface area contributed by atoms with Gasteiger partial charge in [-0.15, -0.1) is 11.8 Å². The van der Waals surface area contributed by atoms with Crippen LogP contribution in [0, 0.1) is 12.7 Å². The summed E-state index contributed by atoms with van der Waals surface area (Å²) in [5.74, 6) is -2.62. The van der Waals surface area contributed by atoms with Crippen molar-refractivity contribution in [2.24, 2.45) is 0 Å². The van der Waals surface area contributed by atoms with E-state index in [1.165, 1.54) is 24.3 Å². The number of aryl methyl sites for hydroxylation is 1. The number of rotatable bonds is 8. The molecule has 0 heterocycles. The van der Waals surface area contributed by atoms with Crippen molar-refractivity contribution in [2.45, 2.75) is 18.6 Å². The smallest absolute Gasteiger partial charge is 0.317 e. The van der Waals surface area contributed by atoms with Gasteiger partial charge in [0.2, 0.25) is 11.8 Å². The summed E-state index contributed by atoms with van der Waals surface area (Å²) in [6.45, 7) is 1.92. The minimum atomic E-state index is -1.17. The summed E-state index contributed by atoms with van der Waals surface area (Å²) in [6.07, 6.45) is -0.266. The van der Waals surface area contributed by atoms with Crippen molar-refractivity contribution in [3.05, 3.63) is 59.9 Å². The zero-order valence-corrected chi connectivity index (χ0v) is 15.4. The first-order valence-corrected chi connectivity index (χ1v) is 9.14. The monoisotopic (exact) mass is 390 g/mol. The van der Waals surface area contributed by atoms with Gasteiger partial charge < -0.3 is 15.7 Å². The van der Waals surface area contributed by atoms with Crippen LogP contribution < -0.4 is 10.6 Å². The topological polar surface area (TPSA) is 95.5 Å². The molecule has 0 bridgehead atoms. The molecule has 6 nitrogen and oxygen atoms in total. The second-order valence-corrected chi connectivity index (χ2v) is 7.00. The molecule has 0 aliphatic rings. The normalized spacial score (nSPS) is 11.5. The molecule has 0 aliphatic carbocycles. The molecule has 0 saturated heterocycles. The van der Waals surface area contributed by atoms with Gasteiger partial charge in [0.1, 0.15) is 11.1 Å². The molecule has 2 aromatic rings. The number of halogens is 1. The lowest BCUT2D eigenvalue weighted by molar-refractivity contribution is -0.137. The molecule has 0 aromatic heterocycles. The zero-order valence-electron chi connectivity index (χ0n) is 14.6. The number of anilines is 2. The molecule has 2 rings (SSSR count). The van der Waals surface area contributed by atoms with E-state index in [2.05, 4.69) is 10.6 Å². The van der Waals surface area contributed by atoms with Gasteiger partial charge in [-0.3, -0.25) is 14.4 Å². The first-order valence-electron chi connectivity index (χ1n) is 8.10. The van der Waals surface area contributed by atoms with Gasteiger partial charge >= 0.3 is 5.97 Å². The lowest BCUT2D eigenvalue weighted by Crippen LogP contribution is -2.26. The number of carbonyl (C=O) groups is 3. The minimum Gasteiger partial charge on any atom is -0.480 e. The number of carbonyl (C=O) groups excluding carboxylic acids is 2. The first kappa shape index (κ1) is 20.4. The average Bonchev–Trinajstić information content (AvgIpc) is 2.62. The fourth-order valence-corrected chi connectivity index (χ4v) is 2.98. The molecule has 0 spiro atoms. The maximum absolute atomic E-state index is 12.8. The number of benzene rings is 2. The van der Waals surface area contributed by atoms with Crippen LogP contribution in [0.25, 0.3) is 0 Å². The van der Waals surface area contributed by atoms with Gasteiger partial charge in [0.05, 0.1) is 5.75 Å². The lowest BCUT2D eigenvalue weighted by Gasteiger charge is -2.12. The fourth-order valence-electron chi connectivity index (χ4n) is 2.14. The Morgan fingerprint density at radius 3 is 2.04 bits per heavy atom. The van der Waals surface area contributed by atoms with Crippen molar-refractivity contribution in [1.29, 1.82) is 0 Å². The Balaban J connectivity index is 1.84. The molecule has 0 saturated carbocycles. The Kier molecular flexibility index (Phi) is 7.36. The van der Waals surface area contributed by atoms with Gasteiger partial charge in [0.25, 0.3) is 0 Å². The number of amides is 2. The van der Waals surface area contributed by atoms with Crippen molar-refractivity contribution in [3.8, 4) is 0 Å². The standard InChI is InChI=1S/C19H19FN2O4S/c1-12-2-6-14(7-3-12)21-17(23)10-16(19(25)26)27-11-18(24)22-15-8-4-13(20)5-9-15/h2-9,16H,10-11H2,1H3,(H,21,23)(H,22,24)(H,25,26)/t16-/m1/s1. The number of aliphatic carboxylic acids is 1. The number of hydrogen-bond donors (Lipinski definition) is 3. The summed E-state index contributed by atoms with van der Waals surface area (Å²) >= 11 is 0.855.